The first-order valence-electron chi connectivity index (χ1n) is 9.17. The molecule has 0 fully saturated rings. The minimum atomic E-state index is -0.464. The van der Waals surface area contributed by atoms with Gasteiger partial charge in [0.05, 0.1) is 28.0 Å². The molecule has 10 heteroatoms. The Labute approximate surface area is 174 Å². The standard InChI is InChI=1S/C19H18N4O4S2/c24-7-8-28-16-6-5-12(9-14(16)23(26)27)10-21-22-11-20-18-17(19(22)25)13-3-1-2-4-15(13)29-18/h5-6,9-11,24H,1-4,7-8H2. The van der Waals surface area contributed by atoms with Gasteiger partial charge in [0, 0.05) is 22.3 Å². The maximum Gasteiger partial charge on any atom is 0.283 e. The summed E-state index contributed by atoms with van der Waals surface area (Å²) in [5, 5.41) is 25.1. The summed E-state index contributed by atoms with van der Waals surface area (Å²) < 4.78 is 1.18. The van der Waals surface area contributed by atoms with Gasteiger partial charge in [-0.3, -0.25) is 14.9 Å². The lowest BCUT2D eigenvalue weighted by Crippen LogP contribution is -2.18. The molecule has 150 valence electrons. The second kappa shape index (κ2) is 8.44. The fraction of sp³-hybridized carbons (Fsp3) is 0.316. The van der Waals surface area contributed by atoms with E-state index in [0.717, 1.165) is 36.1 Å². The van der Waals surface area contributed by atoms with Crippen molar-refractivity contribution in [2.45, 2.75) is 30.6 Å². The second-order valence-corrected chi connectivity index (χ2v) is 8.81. The van der Waals surface area contributed by atoms with Crippen LogP contribution >= 0.6 is 23.1 Å². The molecule has 4 rings (SSSR count). The third-order valence-corrected chi connectivity index (χ3v) is 6.96. The monoisotopic (exact) mass is 430 g/mol. The number of rotatable bonds is 6. The number of hydrogen-bond acceptors (Lipinski definition) is 8. The van der Waals surface area contributed by atoms with Crippen LogP contribution in [0.5, 0.6) is 0 Å². The Bertz CT molecular complexity index is 1170. The van der Waals surface area contributed by atoms with Crippen molar-refractivity contribution in [2.75, 3.05) is 12.4 Å². The molecule has 0 radical (unpaired) electrons. The van der Waals surface area contributed by atoms with E-state index in [1.165, 1.54) is 39.9 Å². The van der Waals surface area contributed by atoms with Gasteiger partial charge < -0.3 is 5.11 Å². The number of benzene rings is 1. The quantitative estimate of drug-likeness (QED) is 0.278. The van der Waals surface area contributed by atoms with E-state index in [1.807, 2.05) is 0 Å². The third-order valence-electron chi connectivity index (χ3n) is 4.72. The number of nitrogens with zero attached hydrogens (tertiary/aromatic N) is 4. The molecule has 1 N–H and O–H groups in total. The van der Waals surface area contributed by atoms with Crippen LogP contribution in [-0.2, 0) is 12.8 Å². The van der Waals surface area contributed by atoms with Crippen molar-refractivity contribution in [3.8, 4) is 0 Å². The topological polar surface area (TPSA) is 111 Å². The van der Waals surface area contributed by atoms with E-state index in [4.69, 9.17) is 5.11 Å². The van der Waals surface area contributed by atoms with Crippen LogP contribution in [0.4, 0.5) is 5.69 Å². The van der Waals surface area contributed by atoms with Crippen molar-refractivity contribution in [2.24, 2.45) is 5.10 Å². The average molecular weight is 431 g/mol. The van der Waals surface area contributed by atoms with E-state index >= 15 is 0 Å². The normalized spacial score (nSPS) is 13.8. The summed E-state index contributed by atoms with van der Waals surface area (Å²) in [7, 11) is 0. The highest BCUT2D eigenvalue weighted by Crippen LogP contribution is 2.33. The molecule has 0 saturated carbocycles. The molecule has 29 heavy (non-hydrogen) atoms. The molecular formula is C19H18N4O4S2. The number of nitro benzene ring substituents is 1. The second-order valence-electron chi connectivity index (χ2n) is 6.59. The molecule has 1 aliphatic rings. The molecule has 3 aromatic rings. The summed E-state index contributed by atoms with van der Waals surface area (Å²) in [5.41, 5.74) is 1.33. The van der Waals surface area contributed by atoms with E-state index < -0.39 is 4.92 Å². The van der Waals surface area contributed by atoms with Gasteiger partial charge in [0.25, 0.3) is 11.2 Å². The zero-order chi connectivity index (χ0) is 20.4. The van der Waals surface area contributed by atoms with Crippen molar-refractivity contribution in [3.05, 3.63) is 61.0 Å². The molecule has 0 saturated heterocycles. The maximum atomic E-state index is 12.9. The zero-order valence-corrected chi connectivity index (χ0v) is 17.0. The molecule has 1 aliphatic carbocycles. The summed E-state index contributed by atoms with van der Waals surface area (Å²) in [4.78, 5) is 30.6. The Morgan fingerprint density at radius 3 is 3.00 bits per heavy atom. The molecule has 0 amide bonds. The number of hydrogen-bond donors (Lipinski definition) is 1. The van der Waals surface area contributed by atoms with Crippen LogP contribution in [0.15, 0.2) is 39.3 Å². The Morgan fingerprint density at radius 2 is 2.21 bits per heavy atom. The lowest BCUT2D eigenvalue weighted by atomic mass is 9.97. The number of aryl methyl sites for hydroxylation is 2. The summed E-state index contributed by atoms with van der Waals surface area (Å²) in [6.07, 6.45) is 6.89. The first-order valence-corrected chi connectivity index (χ1v) is 11.0. The molecule has 0 atom stereocenters. The van der Waals surface area contributed by atoms with Crippen LogP contribution in [0.25, 0.3) is 10.2 Å². The van der Waals surface area contributed by atoms with Gasteiger partial charge in [-0.05, 0) is 37.3 Å². The van der Waals surface area contributed by atoms with Crippen LogP contribution in [0.3, 0.4) is 0 Å². The largest absolute Gasteiger partial charge is 0.396 e. The number of aromatic nitrogens is 2. The van der Waals surface area contributed by atoms with Gasteiger partial charge in [0.15, 0.2) is 0 Å². The number of aliphatic hydroxyl groups excluding tert-OH is 1. The van der Waals surface area contributed by atoms with Crippen LogP contribution in [-0.4, -0.2) is 38.3 Å². The smallest absolute Gasteiger partial charge is 0.283 e. The lowest BCUT2D eigenvalue weighted by molar-refractivity contribution is -0.387. The molecule has 0 spiro atoms. The zero-order valence-electron chi connectivity index (χ0n) is 15.4. The summed E-state index contributed by atoms with van der Waals surface area (Å²) in [5.74, 6) is 0.375. The van der Waals surface area contributed by atoms with Crippen molar-refractivity contribution >= 4 is 45.2 Å². The van der Waals surface area contributed by atoms with Crippen molar-refractivity contribution in [3.63, 3.8) is 0 Å². The summed E-state index contributed by atoms with van der Waals surface area (Å²) in [6.45, 7) is -0.0598. The number of fused-ring (bicyclic) bond motifs is 3. The minimum Gasteiger partial charge on any atom is -0.396 e. The number of thioether (sulfide) groups is 1. The molecule has 2 heterocycles. The van der Waals surface area contributed by atoms with E-state index in [0.29, 0.717) is 21.6 Å². The molecule has 0 bridgehead atoms. The SMILES string of the molecule is O=c1c2c3c(sc2ncn1N=Cc1ccc(SCCO)c([N+](=O)[O-])c1)CCCC3. The van der Waals surface area contributed by atoms with Gasteiger partial charge in [0.2, 0.25) is 0 Å². The van der Waals surface area contributed by atoms with Crippen LogP contribution in [0.1, 0.15) is 28.8 Å². The molecule has 8 nitrogen and oxygen atoms in total. The summed E-state index contributed by atoms with van der Waals surface area (Å²) in [6, 6.07) is 4.73. The third kappa shape index (κ3) is 3.96. The van der Waals surface area contributed by atoms with E-state index in [9.17, 15) is 14.9 Å². The van der Waals surface area contributed by atoms with E-state index in [-0.39, 0.29) is 17.9 Å². The average Bonchev–Trinajstić information content (AvgIpc) is 3.11. The summed E-state index contributed by atoms with van der Waals surface area (Å²) >= 11 is 2.80. The van der Waals surface area contributed by atoms with Gasteiger partial charge >= 0.3 is 0 Å². The highest BCUT2D eigenvalue weighted by molar-refractivity contribution is 7.99. The Hall–Kier alpha value is -2.56. The van der Waals surface area contributed by atoms with Crippen LogP contribution < -0.4 is 5.56 Å². The number of aliphatic hydroxyl groups is 1. The predicted molar refractivity (Wildman–Crippen MR) is 114 cm³/mol. The van der Waals surface area contributed by atoms with Gasteiger partial charge in [-0.25, -0.2) is 4.98 Å². The molecule has 0 aliphatic heterocycles. The first-order chi connectivity index (χ1) is 14.1. The molecule has 0 unspecified atom stereocenters. The van der Waals surface area contributed by atoms with Crippen molar-refractivity contribution in [1.82, 2.24) is 9.66 Å². The molecular weight excluding hydrogens is 412 g/mol. The fourth-order valence-electron chi connectivity index (χ4n) is 3.38. The molecule has 2 aromatic heterocycles. The van der Waals surface area contributed by atoms with Gasteiger partial charge in [-0.15, -0.1) is 23.1 Å². The number of thiophene rings is 1. The maximum absolute atomic E-state index is 12.9. The van der Waals surface area contributed by atoms with Crippen molar-refractivity contribution in [1.29, 1.82) is 0 Å². The van der Waals surface area contributed by atoms with Crippen molar-refractivity contribution < 1.29 is 10.0 Å². The van der Waals surface area contributed by atoms with E-state index in [2.05, 4.69) is 10.1 Å². The van der Waals surface area contributed by atoms with E-state index in [1.54, 1.807) is 23.5 Å². The van der Waals surface area contributed by atoms with Crippen LogP contribution in [0, 0.1) is 10.1 Å². The highest BCUT2D eigenvalue weighted by Gasteiger charge is 2.20. The van der Waals surface area contributed by atoms with Crippen LogP contribution in [0.2, 0.25) is 0 Å². The Morgan fingerprint density at radius 1 is 1.38 bits per heavy atom. The van der Waals surface area contributed by atoms with Gasteiger partial charge in [-0.2, -0.15) is 9.78 Å². The number of nitro groups is 1. The first kappa shape index (κ1) is 19.7. The highest BCUT2D eigenvalue weighted by atomic mass is 32.2. The predicted octanol–water partition coefficient (Wildman–Crippen LogP) is 3.21. The lowest BCUT2D eigenvalue weighted by Gasteiger charge is -2.09. The van der Waals surface area contributed by atoms with Gasteiger partial charge in [-0.1, -0.05) is 6.07 Å². The van der Waals surface area contributed by atoms with Gasteiger partial charge in [0.1, 0.15) is 11.2 Å². The fourth-order valence-corrected chi connectivity index (χ4v) is 5.36. The minimum absolute atomic E-state index is 0.0553. The molecule has 1 aromatic carbocycles. The Balaban J connectivity index is 1.68. The Kier molecular flexibility index (Phi) is 5.74.